The van der Waals surface area contributed by atoms with E-state index in [-0.39, 0.29) is 47.9 Å². The summed E-state index contributed by atoms with van der Waals surface area (Å²) < 4.78 is 52.2. The zero-order valence-electron chi connectivity index (χ0n) is 21.3. The third-order valence-electron chi connectivity index (χ3n) is 5.69. The Morgan fingerprint density at radius 3 is 2.68 bits per heavy atom. The van der Waals surface area contributed by atoms with Gasteiger partial charge in [0.25, 0.3) is 0 Å². The van der Waals surface area contributed by atoms with E-state index < -0.39 is 24.0 Å². The number of nitrogens with zero attached hydrogens (tertiary/aromatic N) is 5. The summed E-state index contributed by atoms with van der Waals surface area (Å²) >= 11 is 0. The quantitative estimate of drug-likeness (QED) is 0.459. The first-order valence-electron chi connectivity index (χ1n) is 11.9. The fourth-order valence-corrected chi connectivity index (χ4v) is 4.11. The molecule has 3 atom stereocenters. The molecule has 1 amide bonds. The summed E-state index contributed by atoms with van der Waals surface area (Å²) in [4.78, 5) is 27.0. The van der Waals surface area contributed by atoms with E-state index >= 15 is 0 Å². The molecule has 2 aliphatic heterocycles. The Balaban J connectivity index is 1.30. The van der Waals surface area contributed by atoms with Crippen LogP contribution in [0.15, 0.2) is 35.0 Å². The second-order valence-electron chi connectivity index (χ2n) is 9.84. The molecule has 1 fully saturated rings. The molecule has 1 saturated heterocycles. The molecule has 202 valence electrons. The smallest absolute Gasteiger partial charge is 0.447 e. The Bertz CT molecular complexity index is 1350. The third kappa shape index (κ3) is 5.30. The number of cyclic esters (lactones) is 1. The van der Waals surface area contributed by atoms with Gasteiger partial charge in [0, 0.05) is 11.8 Å². The van der Waals surface area contributed by atoms with Crippen LogP contribution in [0.3, 0.4) is 0 Å². The largest absolute Gasteiger partial charge is 0.586 e. The van der Waals surface area contributed by atoms with Crippen molar-refractivity contribution < 1.29 is 37.0 Å². The molecule has 14 heteroatoms. The first kappa shape index (κ1) is 25.6. The van der Waals surface area contributed by atoms with Gasteiger partial charge in [-0.1, -0.05) is 5.16 Å². The number of benzene rings is 1. The van der Waals surface area contributed by atoms with Crippen molar-refractivity contribution >= 4 is 17.9 Å². The van der Waals surface area contributed by atoms with Crippen molar-refractivity contribution in [1.82, 2.24) is 20.1 Å². The first-order valence-corrected chi connectivity index (χ1v) is 11.9. The molecule has 0 bridgehead atoms. The molecule has 12 nitrogen and oxygen atoms in total. The number of halogens is 2. The lowest BCUT2D eigenvalue weighted by atomic mass is 10.1. The van der Waals surface area contributed by atoms with Gasteiger partial charge in [-0.05, 0) is 58.9 Å². The standard InChI is InChI=1S/C24H26F2N6O6/c1-12(20-30-19(31-38-20)14-6-7-16-17(10-14)37-24(25,26)36-16)28-21-27-9-8-18(29-21)32-15(11-34-22(32)33)13(2)35-23(3,4)5/h6-10,12-13,15H,11H2,1-5H3,(H,27,28,29)/t12-,13+,15+/m0/s1. The summed E-state index contributed by atoms with van der Waals surface area (Å²) in [5.41, 5.74) is -0.00484. The van der Waals surface area contributed by atoms with Gasteiger partial charge in [-0.2, -0.15) is 9.97 Å². The minimum absolute atomic E-state index is 0.0852. The zero-order chi connectivity index (χ0) is 27.2. The van der Waals surface area contributed by atoms with E-state index in [1.165, 1.54) is 29.3 Å². The number of hydrogen-bond acceptors (Lipinski definition) is 11. The highest BCUT2D eigenvalue weighted by Gasteiger charge is 2.43. The molecule has 38 heavy (non-hydrogen) atoms. The van der Waals surface area contributed by atoms with Crippen LogP contribution in [-0.4, -0.2) is 56.9 Å². The number of rotatable bonds is 7. The van der Waals surface area contributed by atoms with Crippen molar-refractivity contribution in [2.24, 2.45) is 0 Å². The zero-order valence-corrected chi connectivity index (χ0v) is 21.3. The molecule has 0 spiro atoms. The maximum atomic E-state index is 13.3. The Hall–Kier alpha value is -4.07. The molecule has 2 aliphatic rings. The van der Waals surface area contributed by atoms with Crippen molar-refractivity contribution in [3.05, 3.63) is 36.4 Å². The molecule has 1 aromatic carbocycles. The SMILES string of the molecule is C[C@H](Nc1nccc(N2C(=O)OC[C@@H]2[C@@H](C)OC(C)(C)C)n1)c1nc(-c2ccc3c(c2)OC(F)(F)O3)no1. The van der Waals surface area contributed by atoms with Gasteiger partial charge < -0.3 is 28.8 Å². The summed E-state index contributed by atoms with van der Waals surface area (Å²) in [6.45, 7) is 9.61. The predicted octanol–water partition coefficient (Wildman–Crippen LogP) is 4.55. The highest BCUT2D eigenvalue weighted by atomic mass is 19.3. The third-order valence-corrected chi connectivity index (χ3v) is 5.69. The summed E-state index contributed by atoms with van der Waals surface area (Å²) in [5, 5.41) is 6.99. The lowest BCUT2D eigenvalue weighted by molar-refractivity contribution is -0.286. The number of amides is 1. The normalized spacial score (nSPS) is 19.8. The number of ether oxygens (including phenoxy) is 4. The van der Waals surface area contributed by atoms with Crippen LogP contribution in [0.1, 0.15) is 46.6 Å². The number of anilines is 2. The van der Waals surface area contributed by atoms with Crippen LogP contribution >= 0.6 is 0 Å². The lowest BCUT2D eigenvalue weighted by Crippen LogP contribution is -2.45. The van der Waals surface area contributed by atoms with Gasteiger partial charge >= 0.3 is 12.4 Å². The first-order chi connectivity index (χ1) is 17.9. The molecule has 0 saturated carbocycles. The van der Waals surface area contributed by atoms with Crippen molar-refractivity contribution in [3.63, 3.8) is 0 Å². The van der Waals surface area contributed by atoms with E-state index in [1.807, 2.05) is 27.7 Å². The predicted molar refractivity (Wildman–Crippen MR) is 128 cm³/mol. The van der Waals surface area contributed by atoms with Crippen molar-refractivity contribution in [2.45, 2.75) is 64.7 Å². The summed E-state index contributed by atoms with van der Waals surface area (Å²) in [6.07, 6.45) is -3.05. The van der Waals surface area contributed by atoms with E-state index in [9.17, 15) is 13.6 Å². The molecule has 1 N–H and O–H groups in total. The minimum atomic E-state index is -3.72. The van der Waals surface area contributed by atoms with Crippen LogP contribution < -0.4 is 19.7 Å². The van der Waals surface area contributed by atoms with Crippen LogP contribution in [0.4, 0.5) is 25.3 Å². The molecule has 3 aromatic rings. The van der Waals surface area contributed by atoms with E-state index in [0.717, 1.165) is 0 Å². The minimum Gasteiger partial charge on any atom is -0.447 e. The van der Waals surface area contributed by atoms with Crippen LogP contribution in [0.25, 0.3) is 11.4 Å². The van der Waals surface area contributed by atoms with Crippen LogP contribution in [-0.2, 0) is 9.47 Å². The molecule has 0 aliphatic carbocycles. The number of aromatic nitrogens is 4. The number of alkyl halides is 2. The number of carbonyl (C=O) groups excluding carboxylic acids is 1. The highest BCUT2D eigenvalue weighted by molar-refractivity contribution is 5.89. The monoisotopic (exact) mass is 532 g/mol. The van der Waals surface area contributed by atoms with E-state index in [4.69, 9.17) is 14.0 Å². The second-order valence-corrected chi connectivity index (χ2v) is 9.84. The van der Waals surface area contributed by atoms with E-state index in [0.29, 0.717) is 11.4 Å². The topological polar surface area (TPSA) is 134 Å². The van der Waals surface area contributed by atoms with Crippen LogP contribution in [0.2, 0.25) is 0 Å². The Morgan fingerprint density at radius 2 is 1.92 bits per heavy atom. The number of nitrogens with one attached hydrogen (secondary N) is 1. The molecular weight excluding hydrogens is 506 g/mol. The van der Waals surface area contributed by atoms with Gasteiger partial charge in [-0.25, -0.2) is 9.78 Å². The average Bonchev–Trinajstić information content (AvgIpc) is 3.53. The fraction of sp³-hybridized carbons (Fsp3) is 0.458. The van der Waals surface area contributed by atoms with Gasteiger partial charge in [-0.3, -0.25) is 4.90 Å². The van der Waals surface area contributed by atoms with Crippen molar-refractivity contribution in [2.75, 3.05) is 16.8 Å². The van der Waals surface area contributed by atoms with E-state index in [2.05, 4.69) is 34.9 Å². The van der Waals surface area contributed by atoms with Gasteiger partial charge in [-0.15, -0.1) is 8.78 Å². The summed E-state index contributed by atoms with van der Waals surface area (Å²) in [6, 6.07) is 4.89. The van der Waals surface area contributed by atoms with Crippen LogP contribution in [0.5, 0.6) is 11.5 Å². The van der Waals surface area contributed by atoms with Gasteiger partial charge in [0.2, 0.25) is 17.7 Å². The second kappa shape index (κ2) is 9.35. The number of fused-ring (bicyclic) bond motifs is 1. The maximum absolute atomic E-state index is 13.3. The molecule has 0 unspecified atom stereocenters. The van der Waals surface area contributed by atoms with Crippen molar-refractivity contribution in [3.8, 4) is 22.9 Å². The molecule has 4 heterocycles. The molecule has 2 aromatic heterocycles. The molecule has 5 rings (SSSR count). The average molecular weight is 533 g/mol. The van der Waals surface area contributed by atoms with Gasteiger partial charge in [0.1, 0.15) is 24.5 Å². The Labute approximate surface area is 216 Å². The Kier molecular flexibility index (Phi) is 6.29. The van der Waals surface area contributed by atoms with Gasteiger partial charge in [0.05, 0.1) is 11.7 Å². The summed E-state index contributed by atoms with van der Waals surface area (Å²) in [5.74, 6) is 0.704. The maximum Gasteiger partial charge on any atom is 0.586 e. The summed E-state index contributed by atoms with van der Waals surface area (Å²) in [7, 11) is 0. The van der Waals surface area contributed by atoms with Gasteiger partial charge in [0.15, 0.2) is 11.5 Å². The van der Waals surface area contributed by atoms with E-state index in [1.54, 1.807) is 13.0 Å². The number of carbonyl (C=O) groups is 1. The number of hydrogen-bond donors (Lipinski definition) is 1. The lowest BCUT2D eigenvalue weighted by Gasteiger charge is -2.31. The molecular formula is C24H26F2N6O6. The Morgan fingerprint density at radius 1 is 1.16 bits per heavy atom. The fourth-order valence-electron chi connectivity index (χ4n) is 4.11. The van der Waals surface area contributed by atoms with Crippen molar-refractivity contribution in [1.29, 1.82) is 0 Å². The molecule has 0 radical (unpaired) electrons. The van der Waals surface area contributed by atoms with Crippen LogP contribution in [0, 0.1) is 0 Å². The highest BCUT2D eigenvalue weighted by Crippen LogP contribution is 2.42.